The van der Waals surface area contributed by atoms with Crippen molar-refractivity contribution < 1.29 is 13.9 Å². The zero-order chi connectivity index (χ0) is 22.4. The van der Waals surface area contributed by atoms with E-state index in [2.05, 4.69) is 25.0 Å². The topological polar surface area (TPSA) is 52.6 Å². The summed E-state index contributed by atoms with van der Waals surface area (Å²) >= 11 is 0. The van der Waals surface area contributed by atoms with Crippen LogP contribution < -0.4 is 10.1 Å². The minimum Gasteiger partial charge on any atom is -0.494 e. The highest BCUT2D eigenvalue weighted by molar-refractivity contribution is 5.80. The number of aliphatic imine (C=N–C) groups is 1. The SMILES string of the molecule is CN=C(NCC1(N2CCCC2)CCOCC1)N1CCN(Cc2ccc(OC)c(F)c2)CC1. The number of likely N-dealkylation sites (tertiary alicyclic amines) is 1. The highest BCUT2D eigenvalue weighted by Gasteiger charge is 2.40. The van der Waals surface area contributed by atoms with E-state index in [0.29, 0.717) is 5.75 Å². The summed E-state index contributed by atoms with van der Waals surface area (Å²) in [5, 5.41) is 3.71. The van der Waals surface area contributed by atoms with Gasteiger partial charge in [-0.15, -0.1) is 0 Å². The highest BCUT2D eigenvalue weighted by atomic mass is 19.1. The van der Waals surface area contributed by atoms with Crippen LogP contribution in [0.25, 0.3) is 0 Å². The number of ether oxygens (including phenoxy) is 2. The number of nitrogens with one attached hydrogen (secondary N) is 1. The van der Waals surface area contributed by atoms with E-state index in [1.54, 1.807) is 12.1 Å². The highest BCUT2D eigenvalue weighted by Crippen LogP contribution is 2.31. The predicted molar refractivity (Wildman–Crippen MR) is 125 cm³/mol. The lowest BCUT2D eigenvalue weighted by molar-refractivity contribution is -0.0167. The molecule has 0 aliphatic carbocycles. The van der Waals surface area contributed by atoms with E-state index in [-0.39, 0.29) is 11.4 Å². The van der Waals surface area contributed by atoms with Crippen LogP contribution in [0.4, 0.5) is 4.39 Å². The van der Waals surface area contributed by atoms with E-state index in [4.69, 9.17) is 9.47 Å². The molecule has 1 N–H and O–H groups in total. The third-order valence-corrected chi connectivity index (χ3v) is 7.28. The Kier molecular flexibility index (Phi) is 7.86. The molecule has 0 unspecified atom stereocenters. The summed E-state index contributed by atoms with van der Waals surface area (Å²) in [5.41, 5.74) is 1.16. The Morgan fingerprint density at radius 1 is 1.12 bits per heavy atom. The smallest absolute Gasteiger partial charge is 0.193 e. The number of guanidine groups is 1. The second-order valence-electron chi connectivity index (χ2n) is 9.16. The second-order valence-corrected chi connectivity index (χ2v) is 9.16. The van der Waals surface area contributed by atoms with Crippen LogP contribution in [-0.2, 0) is 11.3 Å². The number of halogens is 1. The lowest BCUT2D eigenvalue weighted by Gasteiger charge is -2.45. The van der Waals surface area contributed by atoms with Gasteiger partial charge in [-0.2, -0.15) is 0 Å². The molecule has 178 valence electrons. The molecular formula is C24H38FN5O2. The molecule has 0 atom stereocenters. The van der Waals surface area contributed by atoms with Crippen LogP contribution in [0.5, 0.6) is 5.75 Å². The van der Waals surface area contributed by atoms with Crippen molar-refractivity contribution in [3.05, 3.63) is 29.6 Å². The number of benzene rings is 1. The molecule has 0 amide bonds. The van der Waals surface area contributed by atoms with Crippen LogP contribution in [0.15, 0.2) is 23.2 Å². The first-order valence-electron chi connectivity index (χ1n) is 12.0. The molecule has 1 aromatic rings. The second kappa shape index (κ2) is 10.8. The third kappa shape index (κ3) is 5.35. The van der Waals surface area contributed by atoms with Crippen molar-refractivity contribution in [1.29, 1.82) is 0 Å². The van der Waals surface area contributed by atoms with E-state index in [0.717, 1.165) is 76.8 Å². The third-order valence-electron chi connectivity index (χ3n) is 7.28. The summed E-state index contributed by atoms with van der Waals surface area (Å²) in [6.45, 7) is 9.46. The summed E-state index contributed by atoms with van der Waals surface area (Å²) in [6, 6.07) is 5.23. The van der Waals surface area contributed by atoms with Gasteiger partial charge in [0, 0.05) is 65.1 Å². The molecule has 7 nitrogen and oxygen atoms in total. The van der Waals surface area contributed by atoms with Crippen molar-refractivity contribution in [3.8, 4) is 5.75 Å². The molecule has 1 aromatic carbocycles. The van der Waals surface area contributed by atoms with Gasteiger partial charge in [0.15, 0.2) is 17.5 Å². The summed E-state index contributed by atoms with van der Waals surface area (Å²) < 4.78 is 24.7. The number of piperazine rings is 1. The molecule has 3 aliphatic rings. The van der Waals surface area contributed by atoms with Gasteiger partial charge in [-0.05, 0) is 56.5 Å². The van der Waals surface area contributed by atoms with Crippen molar-refractivity contribution >= 4 is 5.96 Å². The Hall–Kier alpha value is -1.90. The molecule has 0 bridgehead atoms. The monoisotopic (exact) mass is 447 g/mol. The van der Waals surface area contributed by atoms with Crippen LogP contribution in [0.3, 0.4) is 0 Å². The molecule has 3 fully saturated rings. The number of nitrogens with zero attached hydrogens (tertiary/aromatic N) is 4. The maximum Gasteiger partial charge on any atom is 0.193 e. The molecule has 0 saturated carbocycles. The minimum atomic E-state index is -0.298. The van der Waals surface area contributed by atoms with Gasteiger partial charge < -0.3 is 19.7 Å². The molecule has 0 aromatic heterocycles. The van der Waals surface area contributed by atoms with Crippen molar-refractivity contribution in [2.24, 2.45) is 4.99 Å². The van der Waals surface area contributed by atoms with Crippen LogP contribution >= 0.6 is 0 Å². The fourth-order valence-electron chi connectivity index (χ4n) is 5.31. The summed E-state index contributed by atoms with van der Waals surface area (Å²) in [4.78, 5) is 12.0. The number of hydrogen-bond donors (Lipinski definition) is 1. The fourth-order valence-corrected chi connectivity index (χ4v) is 5.31. The Morgan fingerprint density at radius 2 is 1.84 bits per heavy atom. The average Bonchev–Trinajstić information content (AvgIpc) is 3.37. The quantitative estimate of drug-likeness (QED) is 0.533. The standard InChI is InChI=1S/C24H38FN5O2/c1-26-23(27-19-24(7-15-32-16-8-24)30-9-3-4-10-30)29-13-11-28(12-14-29)18-20-5-6-22(31-2)21(25)17-20/h5-6,17H,3-4,7-16,18-19H2,1-2H3,(H,26,27). The molecule has 0 spiro atoms. The van der Waals surface area contributed by atoms with Crippen LogP contribution in [0.2, 0.25) is 0 Å². The maximum atomic E-state index is 14.0. The van der Waals surface area contributed by atoms with Crippen LogP contribution in [-0.4, -0.2) is 99.4 Å². The summed E-state index contributed by atoms with van der Waals surface area (Å²) in [5.74, 6) is 0.989. The molecule has 3 saturated heterocycles. The number of hydrogen-bond acceptors (Lipinski definition) is 5. The molecular weight excluding hydrogens is 409 g/mol. The molecule has 32 heavy (non-hydrogen) atoms. The van der Waals surface area contributed by atoms with E-state index in [9.17, 15) is 4.39 Å². The number of methoxy groups -OCH3 is 1. The van der Waals surface area contributed by atoms with Crippen molar-refractivity contribution in [3.63, 3.8) is 0 Å². The van der Waals surface area contributed by atoms with Gasteiger partial charge >= 0.3 is 0 Å². The van der Waals surface area contributed by atoms with Gasteiger partial charge in [0.05, 0.1) is 7.11 Å². The first kappa shape index (κ1) is 23.3. The van der Waals surface area contributed by atoms with Crippen molar-refractivity contribution in [1.82, 2.24) is 20.0 Å². The van der Waals surface area contributed by atoms with Crippen molar-refractivity contribution in [2.45, 2.75) is 37.8 Å². The van der Waals surface area contributed by atoms with E-state index in [1.807, 2.05) is 13.1 Å². The first-order valence-corrected chi connectivity index (χ1v) is 12.0. The van der Waals surface area contributed by atoms with Gasteiger partial charge in [-0.3, -0.25) is 14.8 Å². The molecule has 3 heterocycles. The summed E-state index contributed by atoms with van der Waals surface area (Å²) in [6.07, 6.45) is 4.78. The lowest BCUT2D eigenvalue weighted by atomic mass is 9.88. The lowest BCUT2D eigenvalue weighted by Crippen LogP contribution is -2.60. The van der Waals surface area contributed by atoms with Crippen LogP contribution in [0.1, 0.15) is 31.2 Å². The molecule has 3 aliphatic heterocycles. The van der Waals surface area contributed by atoms with Gasteiger partial charge in [0.2, 0.25) is 0 Å². The Morgan fingerprint density at radius 3 is 2.47 bits per heavy atom. The summed E-state index contributed by atoms with van der Waals surface area (Å²) in [7, 11) is 3.37. The van der Waals surface area contributed by atoms with Gasteiger partial charge in [0.25, 0.3) is 0 Å². The zero-order valence-corrected chi connectivity index (χ0v) is 19.6. The Labute approximate surface area is 191 Å². The number of rotatable bonds is 6. The molecule has 0 radical (unpaired) electrons. The van der Waals surface area contributed by atoms with E-state index in [1.165, 1.54) is 33.0 Å². The van der Waals surface area contributed by atoms with E-state index >= 15 is 0 Å². The average molecular weight is 448 g/mol. The molecule has 4 rings (SSSR count). The maximum absolute atomic E-state index is 14.0. The van der Waals surface area contributed by atoms with Gasteiger partial charge in [-0.25, -0.2) is 4.39 Å². The largest absolute Gasteiger partial charge is 0.494 e. The first-order chi connectivity index (χ1) is 15.6. The van der Waals surface area contributed by atoms with Crippen LogP contribution in [0, 0.1) is 5.82 Å². The van der Waals surface area contributed by atoms with Gasteiger partial charge in [-0.1, -0.05) is 6.07 Å². The van der Waals surface area contributed by atoms with E-state index < -0.39 is 0 Å². The normalized spacial score (nSPS) is 22.8. The Balaban J connectivity index is 1.29. The Bertz CT molecular complexity index is 770. The minimum absolute atomic E-state index is 0.185. The van der Waals surface area contributed by atoms with Crippen molar-refractivity contribution in [2.75, 3.05) is 73.2 Å². The zero-order valence-electron chi connectivity index (χ0n) is 19.6. The fraction of sp³-hybridized carbons (Fsp3) is 0.708. The predicted octanol–water partition coefficient (Wildman–Crippen LogP) is 2.17. The molecule has 8 heteroatoms. The van der Waals surface area contributed by atoms with Gasteiger partial charge in [0.1, 0.15) is 0 Å².